The molecule has 0 aromatic heterocycles. The first kappa shape index (κ1) is 14.0. The van der Waals surface area contributed by atoms with Gasteiger partial charge in [-0.15, -0.1) is 0 Å². The zero-order valence-corrected chi connectivity index (χ0v) is 11.2. The molecule has 0 aliphatic heterocycles. The average Bonchev–Trinajstić information content (AvgIpc) is 2.40. The molecule has 0 heterocycles. The second-order valence-corrected chi connectivity index (χ2v) is 3.94. The Labute approximate surface area is 110 Å². The van der Waals surface area contributed by atoms with E-state index in [1.807, 2.05) is 50.3 Å². The highest BCUT2D eigenvalue weighted by atomic mass is 14.0. The molecular formula is C18H20. The van der Waals surface area contributed by atoms with Gasteiger partial charge in [-0.1, -0.05) is 67.8 Å². The lowest BCUT2D eigenvalue weighted by Gasteiger charge is -2.02. The molecule has 0 N–H and O–H groups in total. The first-order chi connectivity index (χ1) is 8.72. The molecule has 0 radical (unpaired) electrons. The second kappa shape index (κ2) is 7.29. The van der Waals surface area contributed by atoms with E-state index in [4.69, 9.17) is 0 Å². The molecule has 0 spiro atoms. The molecule has 0 fully saturated rings. The smallest absolute Gasteiger partial charge is 0.0184 e. The molecule has 1 rings (SSSR count). The van der Waals surface area contributed by atoms with Crippen LogP contribution in [-0.2, 0) is 0 Å². The average molecular weight is 236 g/mol. The molecule has 0 aliphatic rings. The Bertz CT molecular complexity index is 595. The standard InChI is InChI=1S/C18H20/c1-5-8-12-16(6-2)17(7-3)14-18-13-10-9-11-15(18)4/h5-14H,2,4H2,1,3H3/b8-5-,16-12+,17-7?,18-14-. The minimum Gasteiger partial charge on any atom is -0.0984 e. The van der Waals surface area contributed by atoms with Crippen LogP contribution in [0.4, 0.5) is 0 Å². The first-order valence-electron chi connectivity index (χ1n) is 6.10. The van der Waals surface area contributed by atoms with Crippen LogP contribution in [0.5, 0.6) is 0 Å². The van der Waals surface area contributed by atoms with Crippen LogP contribution in [-0.4, -0.2) is 0 Å². The molecule has 18 heavy (non-hydrogen) atoms. The fourth-order valence-electron chi connectivity index (χ4n) is 1.66. The Morgan fingerprint density at radius 1 is 1.11 bits per heavy atom. The van der Waals surface area contributed by atoms with Crippen molar-refractivity contribution >= 4 is 12.7 Å². The van der Waals surface area contributed by atoms with Gasteiger partial charge in [0.05, 0.1) is 0 Å². The van der Waals surface area contributed by atoms with Crippen molar-refractivity contribution in [1.82, 2.24) is 0 Å². The second-order valence-electron chi connectivity index (χ2n) is 3.94. The molecule has 0 saturated heterocycles. The van der Waals surface area contributed by atoms with Gasteiger partial charge in [-0.05, 0) is 41.5 Å². The number of rotatable bonds is 4. The molecule has 0 aliphatic carbocycles. The predicted octanol–water partition coefficient (Wildman–Crippen LogP) is 3.51. The third kappa shape index (κ3) is 3.74. The summed E-state index contributed by atoms with van der Waals surface area (Å²) in [6.45, 7) is 11.9. The summed E-state index contributed by atoms with van der Waals surface area (Å²) < 4.78 is 0. The van der Waals surface area contributed by atoms with Crippen molar-refractivity contribution in [2.45, 2.75) is 13.8 Å². The lowest BCUT2D eigenvalue weighted by Crippen LogP contribution is -2.22. The summed E-state index contributed by atoms with van der Waals surface area (Å²) in [5.41, 5.74) is 2.26. The van der Waals surface area contributed by atoms with E-state index in [9.17, 15) is 0 Å². The molecule has 0 saturated carbocycles. The molecule has 0 heteroatoms. The fraction of sp³-hybridized carbons (Fsp3) is 0.111. The highest BCUT2D eigenvalue weighted by Crippen LogP contribution is 2.12. The molecule has 0 bridgehead atoms. The van der Waals surface area contributed by atoms with E-state index < -0.39 is 0 Å². The van der Waals surface area contributed by atoms with E-state index in [1.165, 1.54) is 0 Å². The molecule has 0 unspecified atom stereocenters. The third-order valence-corrected chi connectivity index (χ3v) is 2.70. The quantitative estimate of drug-likeness (QED) is 0.702. The van der Waals surface area contributed by atoms with Gasteiger partial charge in [0, 0.05) is 0 Å². The predicted molar refractivity (Wildman–Crippen MR) is 82.5 cm³/mol. The topological polar surface area (TPSA) is 0 Å². The molecular weight excluding hydrogens is 216 g/mol. The Kier molecular flexibility index (Phi) is 5.66. The lowest BCUT2D eigenvalue weighted by molar-refractivity contribution is 1.49. The maximum absolute atomic E-state index is 4.04. The van der Waals surface area contributed by atoms with Crippen molar-refractivity contribution in [2.75, 3.05) is 0 Å². The zero-order chi connectivity index (χ0) is 13.4. The van der Waals surface area contributed by atoms with Crippen LogP contribution in [0.15, 0.2) is 72.4 Å². The summed E-state index contributed by atoms with van der Waals surface area (Å²) in [6, 6.07) is 8.11. The van der Waals surface area contributed by atoms with Gasteiger partial charge in [-0.25, -0.2) is 0 Å². The van der Waals surface area contributed by atoms with Gasteiger partial charge in [-0.2, -0.15) is 0 Å². The van der Waals surface area contributed by atoms with Crippen LogP contribution in [0.25, 0.3) is 12.7 Å². The zero-order valence-electron chi connectivity index (χ0n) is 11.2. The molecule has 0 atom stereocenters. The van der Waals surface area contributed by atoms with E-state index in [2.05, 4.69) is 37.5 Å². The SMILES string of the molecule is C=C/C(=C\C=C/C)C(=CC)/C=c1/ccccc1=C. The van der Waals surface area contributed by atoms with Crippen molar-refractivity contribution in [2.24, 2.45) is 0 Å². The highest BCUT2D eigenvalue weighted by Gasteiger charge is 1.95. The third-order valence-electron chi connectivity index (χ3n) is 2.70. The summed E-state index contributed by atoms with van der Waals surface area (Å²) in [7, 11) is 0. The lowest BCUT2D eigenvalue weighted by atomic mass is 10.0. The number of hydrogen-bond acceptors (Lipinski definition) is 0. The summed E-state index contributed by atoms with van der Waals surface area (Å²) in [4.78, 5) is 0. The van der Waals surface area contributed by atoms with Crippen LogP contribution < -0.4 is 10.4 Å². The van der Waals surface area contributed by atoms with Gasteiger partial charge in [0.1, 0.15) is 0 Å². The largest absolute Gasteiger partial charge is 0.0984 e. The van der Waals surface area contributed by atoms with Gasteiger partial charge >= 0.3 is 0 Å². The number of benzene rings is 1. The van der Waals surface area contributed by atoms with E-state index in [0.29, 0.717) is 0 Å². The van der Waals surface area contributed by atoms with Gasteiger partial charge in [-0.3, -0.25) is 0 Å². The first-order valence-corrected chi connectivity index (χ1v) is 6.10. The maximum Gasteiger partial charge on any atom is -0.0184 e. The Morgan fingerprint density at radius 2 is 1.83 bits per heavy atom. The number of allylic oxidation sites excluding steroid dienone is 7. The van der Waals surface area contributed by atoms with Crippen LogP contribution in [0.2, 0.25) is 0 Å². The van der Waals surface area contributed by atoms with Crippen molar-refractivity contribution in [3.8, 4) is 0 Å². The van der Waals surface area contributed by atoms with Crippen molar-refractivity contribution < 1.29 is 0 Å². The fourth-order valence-corrected chi connectivity index (χ4v) is 1.66. The van der Waals surface area contributed by atoms with Crippen molar-refractivity contribution in [3.63, 3.8) is 0 Å². The van der Waals surface area contributed by atoms with Crippen LogP contribution in [0.3, 0.4) is 0 Å². The van der Waals surface area contributed by atoms with E-state index in [0.717, 1.165) is 21.6 Å². The van der Waals surface area contributed by atoms with Gasteiger partial charge in [0.2, 0.25) is 0 Å². The highest BCUT2D eigenvalue weighted by molar-refractivity contribution is 5.61. The van der Waals surface area contributed by atoms with Gasteiger partial charge in [0.15, 0.2) is 0 Å². The minimum atomic E-state index is 1.03. The summed E-state index contributed by atoms with van der Waals surface area (Å²) in [5, 5.41) is 2.17. The Balaban J connectivity index is 3.30. The summed E-state index contributed by atoms with van der Waals surface area (Å²) >= 11 is 0. The number of hydrogen-bond donors (Lipinski definition) is 0. The molecule has 1 aromatic rings. The van der Waals surface area contributed by atoms with Gasteiger partial charge in [0.25, 0.3) is 0 Å². The maximum atomic E-state index is 4.04. The summed E-state index contributed by atoms with van der Waals surface area (Å²) in [6.07, 6.45) is 12.2. The Hall–Kier alpha value is -2.08. The molecule has 0 amide bonds. The van der Waals surface area contributed by atoms with Gasteiger partial charge < -0.3 is 0 Å². The van der Waals surface area contributed by atoms with Crippen LogP contribution >= 0.6 is 0 Å². The van der Waals surface area contributed by atoms with Crippen molar-refractivity contribution in [3.05, 3.63) is 82.8 Å². The molecule has 1 aromatic carbocycles. The minimum absolute atomic E-state index is 1.03. The van der Waals surface area contributed by atoms with Crippen LogP contribution in [0.1, 0.15) is 13.8 Å². The molecule has 0 nitrogen and oxygen atoms in total. The summed E-state index contributed by atoms with van der Waals surface area (Å²) in [5.74, 6) is 0. The van der Waals surface area contributed by atoms with Crippen LogP contribution in [0, 0.1) is 0 Å². The monoisotopic (exact) mass is 236 g/mol. The van der Waals surface area contributed by atoms with Crippen molar-refractivity contribution in [1.29, 1.82) is 0 Å². The van der Waals surface area contributed by atoms with E-state index in [-0.39, 0.29) is 0 Å². The van der Waals surface area contributed by atoms with E-state index >= 15 is 0 Å². The van der Waals surface area contributed by atoms with E-state index in [1.54, 1.807) is 0 Å². The molecule has 92 valence electrons. The normalized spacial score (nSPS) is 14.2. The Morgan fingerprint density at radius 3 is 2.39 bits per heavy atom.